The van der Waals surface area contributed by atoms with Gasteiger partial charge in [-0.05, 0) is 26.2 Å². The van der Waals surface area contributed by atoms with Gasteiger partial charge in [0.1, 0.15) is 25.2 Å². The lowest BCUT2D eigenvalue weighted by Gasteiger charge is -2.29. The van der Waals surface area contributed by atoms with Gasteiger partial charge in [-0.15, -0.1) is 0 Å². The van der Waals surface area contributed by atoms with Crippen LogP contribution in [0.15, 0.2) is 0 Å². The van der Waals surface area contributed by atoms with Gasteiger partial charge in [0.05, 0.1) is 6.61 Å². The van der Waals surface area contributed by atoms with Crippen molar-refractivity contribution in [3.63, 3.8) is 0 Å². The van der Waals surface area contributed by atoms with Crippen LogP contribution in [-0.2, 0) is 28.5 Å². The van der Waals surface area contributed by atoms with E-state index in [1.54, 1.807) is 6.92 Å². The van der Waals surface area contributed by atoms with Crippen LogP contribution in [0, 0.1) is 5.41 Å². The molecular formula is C13H20O7. The fourth-order valence-electron chi connectivity index (χ4n) is 1.97. The van der Waals surface area contributed by atoms with E-state index in [1.807, 2.05) is 0 Å². The number of hydrogen-bond donors (Lipinski definition) is 0. The Kier molecular flexibility index (Phi) is 5.19. The molecule has 114 valence electrons. The fourth-order valence-corrected chi connectivity index (χ4v) is 1.97. The van der Waals surface area contributed by atoms with Crippen LogP contribution in [0.25, 0.3) is 0 Å². The Labute approximate surface area is 117 Å². The zero-order valence-corrected chi connectivity index (χ0v) is 11.6. The molecule has 0 N–H and O–H groups in total. The molecule has 7 nitrogen and oxygen atoms in total. The minimum atomic E-state index is -0.949. The summed E-state index contributed by atoms with van der Waals surface area (Å²) in [6.07, 6.45) is 2.07. The normalized spacial score (nSPS) is 25.4. The van der Waals surface area contributed by atoms with E-state index in [-0.39, 0.29) is 32.7 Å². The van der Waals surface area contributed by atoms with Crippen LogP contribution in [0.2, 0.25) is 0 Å². The van der Waals surface area contributed by atoms with Crippen molar-refractivity contribution in [1.82, 2.24) is 0 Å². The molecule has 0 bridgehead atoms. The third kappa shape index (κ3) is 4.08. The zero-order valence-electron chi connectivity index (χ0n) is 11.6. The Morgan fingerprint density at radius 3 is 2.70 bits per heavy atom. The van der Waals surface area contributed by atoms with Crippen LogP contribution < -0.4 is 0 Å². The second kappa shape index (κ2) is 6.90. The Bertz CT molecular complexity index is 339. The van der Waals surface area contributed by atoms with Crippen LogP contribution >= 0.6 is 0 Å². The monoisotopic (exact) mass is 288 g/mol. The Hall–Kier alpha value is -1.34. The van der Waals surface area contributed by atoms with Crippen molar-refractivity contribution in [2.45, 2.75) is 32.5 Å². The van der Waals surface area contributed by atoms with Crippen LogP contribution in [0.5, 0.6) is 0 Å². The zero-order chi connectivity index (χ0) is 14.4. The summed E-state index contributed by atoms with van der Waals surface area (Å²) in [5.74, 6) is -0.460. The molecule has 0 aromatic heterocycles. The van der Waals surface area contributed by atoms with Crippen molar-refractivity contribution < 1.29 is 33.3 Å². The first-order chi connectivity index (χ1) is 9.60. The van der Waals surface area contributed by atoms with E-state index < -0.39 is 17.5 Å². The van der Waals surface area contributed by atoms with Crippen molar-refractivity contribution in [3.05, 3.63) is 0 Å². The number of rotatable bonds is 5. The molecule has 2 aliphatic rings. The van der Waals surface area contributed by atoms with Gasteiger partial charge >= 0.3 is 12.1 Å². The second-order valence-corrected chi connectivity index (χ2v) is 5.19. The van der Waals surface area contributed by atoms with Gasteiger partial charge in [0.15, 0.2) is 6.29 Å². The minimum Gasteiger partial charge on any atom is -0.463 e. The van der Waals surface area contributed by atoms with Gasteiger partial charge in [-0.3, -0.25) is 4.79 Å². The van der Waals surface area contributed by atoms with Crippen molar-refractivity contribution in [3.8, 4) is 0 Å². The molecule has 0 aliphatic carbocycles. The first-order valence-corrected chi connectivity index (χ1v) is 6.80. The topological polar surface area (TPSA) is 80.3 Å². The number of esters is 1. The van der Waals surface area contributed by atoms with Gasteiger partial charge in [0.2, 0.25) is 0 Å². The molecule has 2 rings (SSSR count). The third-order valence-corrected chi connectivity index (χ3v) is 3.27. The fraction of sp³-hybridized carbons (Fsp3) is 0.846. The number of ether oxygens (including phenoxy) is 5. The average molecular weight is 288 g/mol. The maximum Gasteiger partial charge on any atom is 0.508 e. The minimum absolute atomic E-state index is 0.0305. The summed E-state index contributed by atoms with van der Waals surface area (Å²) in [4.78, 5) is 22.7. The Balaban J connectivity index is 1.63. The number of cyclic esters (lactones) is 2. The molecule has 0 aromatic rings. The summed E-state index contributed by atoms with van der Waals surface area (Å²) in [6, 6.07) is 0. The molecule has 2 aliphatic heterocycles. The maximum absolute atomic E-state index is 11.9. The SMILES string of the molecule is CC1(C(=O)OCCOC2CCCCO2)COC(=O)OC1. The molecule has 7 heteroatoms. The lowest BCUT2D eigenvalue weighted by molar-refractivity contribution is -0.182. The van der Waals surface area contributed by atoms with Gasteiger partial charge < -0.3 is 23.7 Å². The number of carbonyl (C=O) groups excluding carboxylic acids is 2. The highest BCUT2D eigenvalue weighted by Gasteiger charge is 2.41. The molecule has 2 heterocycles. The highest BCUT2D eigenvalue weighted by Crippen LogP contribution is 2.24. The van der Waals surface area contributed by atoms with Crippen molar-refractivity contribution in [2.75, 3.05) is 33.0 Å². The molecule has 2 fully saturated rings. The van der Waals surface area contributed by atoms with E-state index in [1.165, 1.54) is 0 Å². The molecule has 1 atom stereocenters. The molecule has 1 unspecified atom stereocenters. The third-order valence-electron chi connectivity index (χ3n) is 3.27. The highest BCUT2D eigenvalue weighted by molar-refractivity contribution is 5.78. The van der Waals surface area contributed by atoms with E-state index in [0.29, 0.717) is 6.61 Å². The summed E-state index contributed by atoms with van der Waals surface area (Å²) >= 11 is 0. The van der Waals surface area contributed by atoms with Crippen LogP contribution in [-0.4, -0.2) is 51.4 Å². The van der Waals surface area contributed by atoms with Gasteiger partial charge in [-0.2, -0.15) is 0 Å². The van der Waals surface area contributed by atoms with E-state index in [2.05, 4.69) is 0 Å². The quantitative estimate of drug-likeness (QED) is 0.556. The molecular weight excluding hydrogens is 268 g/mol. The smallest absolute Gasteiger partial charge is 0.463 e. The lowest BCUT2D eigenvalue weighted by atomic mass is 9.93. The summed E-state index contributed by atoms with van der Waals surface area (Å²) in [5, 5.41) is 0. The van der Waals surface area contributed by atoms with Gasteiger partial charge in [-0.25, -0.2) is 4.79 Å². The predicted molar refractivity (Wildman–Crippen MR) is 65.9 cm³/mol. The molecule has 0 aromatic carbocycles. The summed E-state index contributed by atoms with van der Waals surface area (Å²) in [5.41, 5.74) is -0.949. The van der Waals surface area contributed by atoms with Crippen molar-refractivity contribution in [2.24, 2.45) is 5.41 Å². The first kappa shape index (κ1) is 15.1. The molecule has 0 spiro atoms. The Morgan fingerprint density at radius 2 is 2.05 bits per heavy atom. The van der Waals surface area contributed by atoms with Gasteiger partial charge in [-0.1, -0.05) is 0 Å². The molecule has 0 radical (unpaired) electrons. The molecule has 20 heavy (non-hydrogen) atoms. The molecule has 2 saturated heterocycles. The summed E-state index contributed by atoms with van der Waals surface area (Å²) < 4.78 is 25.4. The highest BCUT2D eigenvalue weighted by atomic mass is 16.7. The van der Waals surface area contributed by atoms with E-state index in [9.17, 15) is 9.59 Å². The maximum atomic E-state index is 11.9. The van der Waals surface area contributed by atoms with Gasteiger partial charge in [0, 0.05) is 6.61 Å². The van der Waals surface area contributed by atoms with Crippen LogP contribution in [0.3, 0.4) is 0 Å². The lowest BCUT2D eigenvalue weighted by Crippen LogP contribution is -2.44. The van der Waals surface area contributed by atoms with Crippen molar-refractivity contribution >= 4 is 12.1 Å². The molecule has 0 saturated carbocycles. The summed E-state index contributed by atoms with van der Waals surface area (Å²) in [7, 11) is 0. The number of carbonyl (C=O) groups is 2. The second-order valence-electron chi connectivity index (χ2n) is 5.19. The van der Waals surface area contributed by atoms with E-state index in [0.717, 1.165) is 19.3 Å². The predicted octanol–water partition coefficient (Wildman–Crippen LogP) is 1.25. The van der Waals surface area contributed by atoms with E-state index >= 15 is 0 Å². The number of hydrogen-bond acceptors (Lipinski definition) is 7. The van der Waals surface area contributed by atoms with Crippen LogP contribution in [0.4, 0.5) is 4.79 Å². The van der Waals surface area contributed by atoms with Crippen molar-refractivity contribution in [1.29, 1.82) is 0 Å². The summed E-state index contributed by atoms with van der Waals surface area (Å²) in [6.45, 7) is 2.71. The Morgan fingerprint density at radius 1 is 1.30 bits per heavy atom. The first-order valence-electron chi connectivity index (χ1n) is 6.80. The molecule has 0 amide bonds. The van der Waals surface area contributed by atoms with E-state index in [4.69, 9.17) is 23.7 Å². The van der Waals surface area contributed by atoms with Crippen LogP contribution in [0.1, 0.15) is 26.2 Å². The average Bonchev–Trinajstić information content (AvgIpc) is 2.48. The van der Waals surface area contributed by atoms with Gasteiger partial charge in [0.25, 0.3) is 0 Å². The standard InChI is InChI=1S/C13H20O7/c1-13(8-19-12(15)20-9-13)11(14)18-7-6-17-10-4-2-3-5-16-10/h10H,2-9H2,1H3. The largest absolute Gasteiger partial charge is 0.508 e.